The zero-order chi connectivity index (χ0) is 12.1. The Morgan fingerprint density at radius 2 is 2.31 bits per heavy atom. The molecule has 1 unspecified atom stereocenters. The number of aldehydes is 1. The lowest BCUT2D eigenvalue weighted by atomic mass is 10.2. The number of carboxylic acid groups (broad SMARTS) is 1. The Morgan fingerprint density at radius 1 is 1.62 bits per heavy atom. The first kappa shape index (κ1) is 12.7. The Bertz CT molecular complexity index is 403. The van der Waals surface area contributed by atoms with E-state index >= 15 is 0 Å². The fraction of sp³-hybridized carbons (Fsp3) is 0.273. The molecular weight excluding hydrogens is 276 g/mol. The lowest BCUT2D eigenvalue weighted by Crippen LogP contribution is -2.26. The van der Waals surface area contributed by atoms with Crippen LogP contribution in [0.1, 0.15) is 23.7 Å². The summed E-state index contributed by atoms with van der Waals surface area (Å²) < 4.78 is 5.99. The van der Waals surface area contributed by atoms with Gasteiger partial charge in [-0.15, -0.1) is 0 Å². The normalized spacial score (nSPS) is 11.9. The summed E-state index contributed by atoms with van der Waals surface area (Å²) in [4.78, 5) is 21.5. The molecule has 86 valence electrons. The van der Waals surface area contributed by atoms with Crippen LogP contribution in [0.4, 0.5) is 0 Å². The van der Waals surface area contributed by atoms with Gasteiger partial charge in [-0.25, -0.2) is 4.79 Å². The molecule has 1 aromatic carbocycles. The Balaban J connectivity index is 2.95. The van der Waals surface area contributed by atoms with Crippen molar-refractivity contribution in [1.82, 2.24) is 0 Å². The second kappa shape index (κ2) is 5.65. The number of hydrogen-bond donors (Lipinski definition) is 1. The van der Waals surface area contributed by atoms with Crippen molar-refractivity contribution in [2.45, 2.75) is 19.4 Å². The van der Waals surface area contributed by atoms with Crippen LogP contribution in [0.5, 0.6) is 5.75 Å². The molecule has 0 aliphatic rings. The second-order valence-corrected chi connectivity index (χ2v) is 4.07. The molecule has 1 N–H and O–H groups in total. The van der Waals surface area contributed by atoms with Gasteiger partial charge in [-0.3, -0.25) is 4.79 Å². The first-order chi connectivity index (χ1) is 7.58. The number of ether oxygens (including phenoxy) is 1. The van der Waals surface area contributed by atoms with E-state index < -0.39 is 12.1 Å². The molecule has 0 spiro atoms. The quantitative estimate of drug-likeness (QED) is 0.845. The summed E-state index contributed by atoms with van der Waals surface area (Å²) in [6, 6.07) is 4.84. The van der Waals surface area contributed by atoms with Crippen LogP contribution < -0.4 is 4.74 Å². The Morgan fingerprint density at radius 3 is 2.81 bits per heavy atom. The minimum absolute atomic E-state index is 0.285. The Hall–Kier alpha value is -1.36. The lowest BCUT2D eigenvalue weighted by molar-refractivity contribution is -0.145. The second-order valence-electron chi connectivity index (χ2n) is 3.15. The van der Waals surface area contributed by atoms with Crippen LogP contribution in [0.15, 0.2) is 22.7 Å². The predicted octanol–water partition coefficient (Wildman–Crippen LogP) is 2.50. The van der Waals surface area contributed by atoms with Gasteiger partial charge in [-0.2, -0.15) is 0 Å². The van der Waals surface area contributed by atoms with Crippen LogP contribution in [0, 0.1) is 0 Å². The monoisotopic (exact) mass is 286 g/mol. The van der Waals surface area contributed by atoms with E-state index in [4.69, 9.17) is 9.84 Å². The molecule has 1 rings (SSSR count). The van der Waals surface area contributed by atoms with Crippen LogP contribution in [-0.4, -0.2) is 23.5 Å². The van der Waals surface area contributed by atoms with Gasteiger partial charge in [0.05, 0.1) is 5.56 Å². The minimum atomic E-state index is -1.04. The van der Waals surface area contributed by atoms with E-state index in [1.54, 1.807) is 25.1 Å². The number of rotatable bonds is 5. The standard InChI is InChI=1S/C11H11BrO4/c1-2-9(11(14)15)16-10-4-3-8(12)5-7(10)6-13/h3-6,9H,2H2,1H3,(H,14,15). The average Bonchev–Trinajstić information content (AvgIpc) is 2.26. The van der Waals surface area contributed by atoms with Crippen LogP contribution in [0.25, 0.3) is 0 Å². The van der Waals surface area contributed by atoms with Gasteiger partial charge in [0.25, 0.3) is 0 Å². The SMILES string of the molecule is CCC(Oc1ccc(Br)cc1C=O)C(=O)O. The lowest BCUT2D eigenvalue weighted by Gasteiger charge is -2.14. The van der Waals surface area contributed by atoms with Crippen molar-refractivity contribution in [2.75, 3.05) is 0 Å². The summed E-state index contributed by atoms with van der Waals surface area (Å²) in [6.07, 6.45) is 0.0399. The fourth-order valence-electron chi connectivity index (χ4n) is 1.18. The highest BCUT2D eigenvalue weighted by Crippen LogP contribution is 2.23. The number of carbonyl (C=O) groups excluding carboxylic acids is 1. The maximum atomic E-state index is 10.8. The molecule has 0 saturated carbocycles. The van der Waals surface area contributed by atoms with Crippen molar-refractivity contribution in [3.63, 3.8) is 0 Å². The molecule has 0 fully saturated rings. The van der Waals surface area contributed by atoms with Gasteiger partial charge in [-0.1, -0.05) is 22.9 Å². The molecule has 0 aliphatic carbocycles. The average molecular weight is 287 g/mol. The number of carboxylic acids is 1. The van der Waals surface area contributed by atoms with Gasteiger partial charge in [0.15, 0.2) is 12.4 Å². The molecule has 0 radical (unpaired) electrons. The van der Waals surface area contributed by atoms with Crippen LogP contribution in [0.3, 0.4) is 0 Å². The molecule has 5 heteroatoms. The molecule has 0 amide bonds. The van der Waals surface area contributed by atoms with Crippen molar-refractivity contribution >= 4 is 28.2 Å². The maximum Gasteiger partial charge on any atom is 0.344 e. The van der Waals surface area contributed by atoms with E-state index in [2.05, 4.69) is 15.9 Å². The summed E-state index contributed by atoms with van der Waals surface area (Å²) in [5.74, 6) is -0.755. The first-order valence-corrected chi connectivity index (χ1v) is 5.52. The predicted molar refractivity (Wildman–Crippen MR) is 61.9 cm³/mol. The van der Waals surface area contributed by atoms with Crippen molar-refractivity contribution in [1.29, 1.82) is 0 Å². The van der Waals surface area contributed by atoms with Gasteiger partial charge >= 0.3 is 5.97 Å². The smallest absolute Gasteiger partial charge is 0.344 e. The summed E-state index contributed by atoms with van der Waals surface area (Å²) in [5.41, 5.74) is 0.328. The molecule has 0 heterocycles. The number of aliphatic carboxylic acids is 1. The molecule has 0 aromatic heterocycles. The molecule has 0 saturated heterocycles. The highest BCUT2D eigenvalue weighted by atomic mass is 79.9. The van der Waals surface area contributed by atoms with E-state index in [-0.39, 0.29) is 5.75 Å². The van der Waals surface area contributed by atoms with Crippen molar-refractivity contribution in [3.05, 3.63) is 28.2 Å². The molecule has 1 aromatic rings. The molecule has 0 bridgehead atoms. The highest BCUT2D eigenvalue weighted by molar-refractivity contribution is 9.10. The number of hydrogen-bond acceptors (Lipinski definition) is 3. The molecule has 16 heavy (non-hydrogen) atoms. The van der Waals surface area contributed by atoms with E-state index in [1.807, 2.05) is 0 Å². The minimum Gasteiger partial charge on any atom is -0.479 e. The number of halogens is 1. The van der Waals surface area contributed by atoms with Crippen molar-refractivity contribution in [3.8, 4) is 5.75 Å². The van der Waals surface area contributed by atoms with Crippen LogP contribution in [0.2, 0.25) is 0 Å². The largest absolute Gasteiger partial charge is 0.479 e. The van der Waals surface area contributed by atoms with E-state index in [0.29, 0.717) is 18.3 Å². The van der Waals surface area contributed by atoms with Crippen molar-refractivity contribution < 1.29 is 19.4 Å². The topological polar surface area (TPSA) is 63.6 Å². The van der Waals surface area contributed by atoms with Gasteiger partial charge in [0.1, 0.15) is 5.75 Å². The third-order valence-electron chi connectivity index (χ3n) is 2.01. The third kappa shape index (κ3) is 3.06. The molecular formula is C11H11BrO4. The number of carbonyl (C=O) groups is 2. The number of benzene rings is 1. The van der Waals surface area contributed by atoms with E-state index in [9.17, 15) is 9.59 Å². The summed E-state index contributed by atoms with van der Waals surface area (Å²) >= 11 is 3.22. The fourth-order valence-corrected chi connectivity index (χ4v) is 1.56. The first-order valence-electron chi connectivity index (χ1n) is 4.72. The molecule has 0 aliphatic heterocycles. The zero-order valence-corrected chi connectivity index (χ0v) is 10.2. The third-order valence-corrected chi connectivity index (χ3v) is 2.51. The van der Waals surface area contributed by atoms with Gasteiger partial charge in [0, 0.05) is 4.47 Å². The summed E-state index contributed by atoms with van der Waals surface area (Å²) in [7, 11) is 0. The van der Waals surface area contributed by atoms with Crippen LogP contribution >= 0.6 is 15.9 Å². The van der Waals surface area contributed by atoms with Gasteiger partial charge in [0.2, 0.25) is 0 Å². The molecule has 4 nitrogen and oxygen atoms in total. The molecule has 1 atom stereocenters. The van der Waals surface area contributed by atoms with E-state index in [1.165, 1.54) is 0 Å². The Labute approximate surface area is 101 Å². The summed E-state index contributed by atoms with van der Waals surface area (Å²) in [6.45, 7) is 1.71. The van der Waals surface area contributed by atoms with Crippen LogP contribution in [-0.2, 0) is 4.79 Å². The van der Waals surface area contributed by atoms with Crippen molar-refractivity contribution in [2.24, 2.45) is 0 Å². The maximum absolute atomic E-state index is 10.8. The van der Waals surface area contributed by atoms with Gasteiger partial charge in [-0.05, 0) is 24.6 Å². The Kier molecular flexibility index (Phi) is 4.49. The zero-order valence-electron chi connectivity index (χ0n) is 8.64. The van der Waals surface area contributed by atoms with E-state index in [0.717, 1.165) is 4.47 Å². The van der Waals surface area contributed by atoms with Gasteiger partial charge < -0.3 is 9.84 Å². The highest BCUT2D eigenvalue weighted by Gasteiger charge is 2.18. The summed E-state index contributed by atoms with van der Waals surface area (Å²) in [5, 5.41) is 8.83.